The summed E-state index contributed by atoms with van der Waals surface area (Å²) in [6.45, 7) is 8.37. The Morgan fingerprint density at radius 3 is 2.91 bits per heavy atom. The van der Waals surface area contributed by atoms with Gasteiger partial charge >= 0.3 is 0 Å². The lowest BCUT2D eigenvalue weighted by molar-refractivity contribution is 0.0465. The van der Waals surface area contributed by atoms with Crippen LogP contribution in [0.2, 0.25) is 0 Å². The molecule has 116 valence electrons. The molecular weight excluding hydrogens is 278 g/mol. The number of H-pyrrole nitrogens is 1. The zero-order chi connectivity index (χ0) is 15.7. The van der Waals surface area contributed by atoms with E-state index in [-0.39, 0.29) is 11.4 Å². The minimum Gasteiger partial charge on any atom is -0.328 e. The zero-order valence-electron chi connectivity index (χ0n) is 13.2. The second-order valence-corrected chi connectivity index (χ2v) is 6.32. The highest BCUT2D eigenvalue weighted by Crippen LogP contribution is 2.20. The van der Waals surface area contributed by atoms with Gasteiger partial charge in [0.25, 0.3) is 5.91 Å². The van der Waals surface area contributed by atoms with Crippen molar-refractivity contribution in [3.63, 3.8) is 0 Å². The lowest BCUT2D eigenvalue weighted by Gasteiger charge is -2.42. The summed E-state index contributed by atoms with van der Waals surface area (Å²) in [5.74, 6) is 0.754. The molecular formula is C16H21N5O. The molecule has 6 heteroatoms. The number of nitrogens with zero attached hydrogens (tertiary/aromatic N) is 3. The fourth-order valence-corrected chi connectivity index (χ4v) is 2.76. The average Bonchev–Trinajstić information content (AvgIpc) is 2.96. The van der Waals surface area contributed by atoms with Crippen molar-refractivity contribution in [3.05, 3.63) is 35.7 Å². The summed E-state index contributed by atoms with van der Waals surface area (Å²) in [4.78, 5) is 18.9. The maximum Gasteiger partial charge on any atom is 0.291 e. The number of carbonyl (C=O) groups excluding carboxylic acids is 1. The number of rotatable bonds is 2. The normalized spacial score (nSPS) is 17.5. The van der Waals surface area contributed by atoms with Gasteiger partial charge in [0.15, 0.2) is 5.82 Å². The number of hydrogen-bond donors (Lipinski definition) is 2. The number of carbonyl (C=O) groups is 1. The van der Waals surface area contributed by atoms with E-state index in [0.29, 0.717) is 18.2 Å². The van der Waals surface area contributed by atoms with Crippen LogP contribution in [-0.4, -0.2) is 51.2 Å². The zero-order valence-corrected chi connectivity index (χ0v) is 13.2. The summed E-state index contributed by atoms with van der Waals surface area (Å²) in [6, 6.07) is 7.93. The molecule has 3 rings (SSSR count). The molecule has 2 aromatic rings. The molecule has 2 heterocycles. The standard InChI is InChI=1S/C16H21N5O/c1-11-5-4-6-12(9-11)13-18-14(20-19-13)15(22)21-8-7-17-10-16(21,2)3/h4-6,9,17H,7-8,10H2,1-3H3,(H,18,19,20). The molecule has 1 saturated heterocycles. The molecule has 6 nitrogen and oxygen atoms in total. The third-order valence-corrected chi connectivity index (χ3v) is 4.01. The minimum absolute atomic E-state index is 0.0992. The number of aromatic amines is 1. The third kappa shape index (κ3) is 2.74. The van der Waals surface area contributed by atoms with E-state index in [0.717, 1.165) is 24.2 Å². The van der Waals surface area contributed by atoms with Crippen LogP contribution >= 0.6 is 0 Å². The van der Waals surface area contributed by atoms with E-state index in [4.69, 9.17) is 0 Å². The number of benzene rings is 1. The van der Waals surface area contributed by atoms with Crippen molar-refractivity contribution in [3.8, 4) is 11.4 Å². The van der Waals surface area contributed by atoms with Crippen LogP contribution in [-0.2, 0) is 0 Å². The predicted octanol–water partition coefficient (Wildman–Crippen LogP) is 1.60. The van der Waals surface area contributed by atoms with E-state index in [1.807, 2.05) is 36.1 Å². The van der Waals surface area contributed by atoms with Gasteiger partial charge in [0.05, 0.1) is 5.54 Å². The van der Waals surface area contributed by atoms with Crippen molar-refractivity contribution < 1.29 is 4.79 Å². The SMILES string of the molecule is Cc1cccc(-c2n[nH]c(C(=O)N3CCNCC3(C)C)n2)c1. The molecule has 1 amide bonds. The van der Waals surface area contributed by atoms with Crippen LogP contribution in [0.4, 0.5) is 0 Å². The van der Waals surface area contributed by atoms with Crippen LogP contribution in [0.3, 0.4) is 0 Å². The van der Waals surface area contributed by atoms with Gasteiger partial charge in [0.2, 0.25) is 5.82 Å². The maximum atomic E-state index is 12.7. The minimum atomic E-state index is -0.231. The van der Waals surface area contributed by atoms with E-state index >= 15 is 0 Å². The molecule has 0 radical (unpaired) electrons. The molecule has 22 heavy (non-hydrogen) atoms. The first-order valence-electron chi connectivity index (χ1n) is 7.49. The van der Waals surface area contributed by atoms with Crippen LogP contribution in [0.15, 0.2) is 24.3 Å². The van der Waals surface area contributed by atoms with Gasteiger partial charge in [-0.2, -0.15) is 5.10 Å². The van der Waals surface area contributed by atoms with Crippen LogP contribution < -0.4 is 5.32 Å². The molecule has 1 aliphatic rings. The second-order valence-electron chi connectivity index (χ2n) is 6.32. The first-order chi connectivity index (χ1) is 10.5. The van der Waals surface area contributed by atoms with Crippen molar-refractivity contribution in [2.45, 2.75) is 26.3 Å². The first kappa shape index (κ1) is 14.7. The Morgan fingerprint density at radius 1 is 1.36 bits per heavy atom. The van der Waals surface area contributed by atoms with Crippen LogP contribution in [0.25, 0.3) is 11.4 Å². The molecule has 0 atom stereocenters. The largest absolute Gasteiger partial charge is 0.328 e. The number of aryl methyl sites for hydroxylation is 1. The fourth-order valence-electron chi connectivity index (χ4n) is 2.76. The Labute approximate surface area is 129 Å². The Kier molecular flexibility index (Phi) is 3.70. The Balaban J connectivity index is 1.86. The van der Waals surface area contributed by atoms with Gasteiger partial charge in [-0.15, -0.1) is 0 Å². The second kappa shape index (κ2) is 5.53. The van der Waals surface area contributed by atoms with Crippen molar-refractivity contribution >= 4 is 5.91 Å². The van der Waals surface area contributed by atoms with Crippen LogP contribution in [0, 0.1) is 6.92 Å². The number of piperazine rings is 1. The maximum absolute atomic E-state index is 12.7. The summed E-state index contributed by atoms with van der Waals surface area (Å²) >= 11 is 0. The van der Waals surface area contributed by atoms with Gasteiger partial charge in [-0.3, -0.25) is 9.89 Å². The highest BCUT2D eigenvalue weighted by molar-refractivity contribution is 5.91. The van der Waals surface area contributed by atoms with Gasteiger partial charge < -0.3 is 10.2 Å². The van der Waals surface area contributed by atoms with E-state index in [1.165, 1.54) is 0 Å². The van der Waals surface area contributed by atoms with Crippen molar-refractivity contribution in [2.24, 2.45) is 0 Å². The molecule has 2 N–H and O–H groups in total. The smallest absolute Gasteiger partial charge is 0.291 e. The molecule has 0 saturated carbocycles. The van der Waals surface area contributed by atoms with Crippen molar-refractivity contribution in [2.75, 3.05) is 19.6 Å². The summed E-state index contributed by atoms with van der Waals surface area (Å²) in [7, 11) is 0. The quantitative estimate of drug-likeness (QED) is 0.883. The van der Waals surface area contributed by atoms with Gasteiger partial charge in [0, 0.05) is 25.2 Å². The van der Waals surface area contributed by atoms with Crippen molar-refractivity contribution in [1.29, 1.82) is 0 Å². The van der Waals surface area contributed by atoms with Gasteiger partial charge in [-0.1, -0.05) is 23.8 Å². The molecule has 1 aliphatic heterocycles. The number of hydrogen-bond acceptors (Lipinski definition) is 4. The summed E-state index contributed by atoms with van der Waals surface area (Å²) < 4.78 is 0. The Morgan fingerprint density at radius 2 is 2.18 bits per heavy atom. The highest BCUT2D eigenvalue weighted by Gasteiger charge is 2.35. The van der Waals surface area contributed by atoms with Crippen LogP contribution in [0.5, 0.6) is 0 Å². The number of nitrogens with one attached hydrogen (secondary N) is 2. The van der Waals surface area contributed by atoms with E-state index < -0.39 is 0 Å². The topological polar surface area (TPSA) is 73.9 Å². The average molecular weight is 299 g/mol. The molecule has 0 unspecified atom stereocenters. The van der Waals surface area contributed by atoms with E-state index in [1.54, 1.807) is 0 Å². The predicted molar refractivity (Wildman–Crippen MR) is 84.5 cm³/mol. The number of amides is 1. The summed E-state index contributed by atoms with van der Waals surface area (Å²) in [5.41, 5.74) is 1.82. The lowest BCUT2D eigenvalue weighted by atomic mass is 10.00. The highest BCUT2D eigenvalue weighted by atomic mass is 16.2. The van der Waals surface area contributed by atoms with E-state index in [9.17, 15) is 4.79 Å². The van der Waals surface area contributed by atoms with Gasteiger partial charge in [0.1, 0.15) is 0 Å². The number of aromatic nitrogens is 3. The molecule has 0 spiro atoms. The molecule has 1 aromatic heterocycles. The summed E-state index contributed by atoms with van der Waals surface area (Å²) in [6.07, 6.45) is 0. The monoisotopic (exact) mass is 299 g/mol. The summed E-state index contributed by atoms with van der Waals surface area (Å²) in [5, 5.41) is 10.3. The first-order valence-corrected chi connectivity index (χ1v) is 7.49. The Bertz CT molecular complexity index is 691. The van der Waals surface area contributed by atoms with Crippen LogP contribution in [0.1, 0.15) is 30.0 Å². The third-order valence-electron chi connectivity index (χ3n) is 4.01. The van der Waals surface area contributed by atoms with Crippen molar-refractivity contribution in [1.82, 2.24) is 25.4 Å². The van der Waals surface area contributed by atoms with Gasteiger partial charge in [-0.05, 0) is 26.8 Å². The molecule has 0 aliphatic carbocycles. The van der Waals surface area contributed by atoms with Gasteiger partial charge in [-0.25, -0.2) is 4.98 Å². The molecule has 1 aromatic carbocycles. The van der Waals surface area contributed by atoms with E-state index in [2.05, 4.69) is 34.3 Å². The molecule has 1 fully saturated rings. The fraction of sp³-hybridized carbons (Fsp3) is 0.438. The lowest BCUT2D eigenvalue weighted by Crippen LogP contribution is -2.60. The Hall–Kier alpha value is -2.21. The molecule has 0 bridgehead atoms.